The average molecular weight is 224 g/mol. The number of rotatable bonds is 1. The molecule has 0 saturated heterocycles. The summed E-state index contributed by atoms with van der Waals surface area (Å²) in [6.45, 7) is 5.97. The Balaban J connectivity index is 0.000000921. The Morgan fingerprint density at radius 2 is 1.73 bits per heavy atom. The van der Waals surface area contributed by atoms with Crippen molar-refractivity contribution in [3.05, 3.63) is 35.4 Å². The Hall–Kier alpha value is -1.42. The maximum atomic E-state index is 7.44. The smallest absolute Gasteiger partial charge is 0.260 e. The van der Waals surface area contributed by atoms with Gasteiger partial charge < -0.3 is 10.5 Å². The van der Waals surface area contributed by atoms with Crippen molar-refractivity contribution in [2.24, 2.45) is 5.73 Å². The molecule has 0 saturated carbocycles. The molecule has 3 N–H and O–H groups in total. The van der Waals surface area contributed by atoms with Crippen molar-refractivity contribution < 1.29 is 4.74 Å². The zero-order chi connectivity index (χ0) is 11.8. The third-order valence-corrected chi connectivity index (χ3v) is 1.60. The van der Waals surface area contributed by atoms with Crippen LogP contribution >= 0.6 is 12.2 Å². The quantitative estimate of drug-likeness (QED) is 0.438. The largest absolute Gasteiger partial charge is 0.413 e. The van der Waals surface area contributed by atoms with E-state index >= 15 is 0 Å². The van der Waals surface area contributed by atoms with Gasteiger partial charge in [0.1, 0.15) is 0 Å². The van der Waals surface area contributed by atoms with Crippen LogP contribution in [0.5, 0.6) is 0 Å². The van der Waals surface area contributed by atoms with Crippen LogP contribution in [0.4, 0.5) is 0 Å². The minimum atomic E-state index is -0.134. The summed E-state index contributed by atoms with van der Waals surface area (Å²) < 4.78 is 4.77. The number of ether oxygens (including phenoxy) is 1. The lowest BCUT2D eigenvalue weighted by atomic mass is 10.1. The predicted octanol–water partition coefficient (Wildman–Crippen LogP) is 2.61. The van der Waals surface area contributed by atoms with Crippen LogP contribution in [-0.2, 0) is 4.74 Å². The van der Waals surface area contributed by atoms with E-state index < -0.39 is 0 Å². The van der Waals surface area contributed by atoms with Gasteiger partial charge in [0.15, 0.2) is 0 Å². The number of aryl methyl sites for hydroxylation is 1. The molecular weight excluding hydrogens is 208 g/mol. The SMILES string of the molecule is CC.Cc1ccc(C(=N)OC(N)=S)cc1. The van der Waals surface area contributed by atoms with Crippen molar-refractivity contribution in [1.82, 2.24) is 0 Å². The number of hydrogen-bond acceptors (Lipinski definition) is 3. The molecule has 3 nitrogen and oxygen atoms in total. The summed E-state index contributed by atoms with van der Waals surface area (Å²) in [5.41, 5.74) is 6.93. The summed E-state index contributed by atoms with van der Waals surface area (Å²) in [6.07, 6.45) is 0. The van der Waals surface area contributed by atoms with Crippen LogP contribution in [0.25, 0.3) is 0 Å². The minimum Gasteiger partial charge on any atom is -0.413 e. The van der Waals surface area contributed by atoms with Gasteiger partial charge in [0.05, 0.1) is 0 Å². The van der Waals surface area contributed by atoms with Gasteiger partial charge in [0.25, 0.3) is 5.17 Å². The van der Waals surface area contributed by atoms with Crippen LogP contribution in [0, 0.1) is 12.3 Å². The summed E-state index contributed by atoms with van der Waals surface area (Å²) in [5.74, 6) is -0.0208. The summed E-state index contributed by atoms with van der Waals surface area (Å²) in [5, 5.41) is 7.31. The summed E-state index contributed by atoms with van der Waals surface area (Å²) in [4.78, 5) is 0. The molecular formula is C11H16N2OS. The molecule has 0 spiro atoms. The molecule has 0 amide bonds. The second-order valence-electron chi connectivity index (χ2n) is 2.62. The highest BCUT2D eigenvalue weighted by molar-refractivity contribution is 7.80. The van der Waals surface area contributed by atoms with E-state index in [1.165, 1.54) is 0 Å². The average Bonchev–Trinajstić information content (AvgIpc) is 2.20. The Morgan fingerprint density at radius 1 is 1.27 bits per heavy atom. The van der Waals surface area contributed by atoms with E-state index in [1.807, 2.05) is 32.9 Å². The number of thiocarbonyl (C=S) groups is 1. The lowest BCUT2D eigenvalue weighted by molar-refractivity contribution is 0.548. The van der Waals surface area contributed by atoms with Crippen molar-refractivity contribution in [2.75, 3.05) is 0 Å². The van der Waals surface area contributed by atoms with Crippen LogP contribution in [0.3, 0.4) is 0 Å². The molecule has 1 aromatic carbocycles. The molecule has 0 heterocycles. The van der Waals surface area contributed by atoms with Gasteiger partial charge in [-0.25, -0.2) is 0 Å². The lowest BCUT2D eigenvalue weighted by Gasteiger charge is -2.04. The van der Waals surface area contributed by atoms with Crippen molar-refractivity contribution in [3.8, 4) is 0 Å². The topological polar surface area (TPSA) is 59.1 Å². The molecule has 4 heteroatoms. The Morgan fingerprint density at radius 3 is 2.13 bits per heavy atom. The highest BCUT2D eigenvalue weighted by Crippen LogP contribution is 2.04. The van der Waals surface area contributed by atoms with E-state index in [0.717, 1.165) is 5.56 Å². The lowest BCUT2D eigenvalue weighted by Crippen LogP contribution is -2.18. The maximum Gasteiger partial charge on any atom is 0.260 e. The molecule has 0 aromatic heterocycles. The van der Waals surface area contributed by atoms with Crippen molar-refractivity contribution in [2.45, 2.75) is 20.8 Å². The minimum absolute atomic E-state index is 0.0208. The van der Waals surface area contributed by atoms with E-state index in [0.29, 0.717) is 5.56 Å². The molecule has 15 heavy (non-hydrogen) atoms. The van der Waals surface area contributed by atoms with E-state index in [1.54, 1.807) is 12.1 Å². The van der Waals surface area contributed by atoms with E-state index in [4.69, 9.17) is 15.9 Å². The second-order valence-corrected chi connectivity index (χ2v) is 3.02. The van der Waals surface area contributed by atoms with Gasteiger partial charge in [-0.05, 0) is 31.3 Å². The first-order chi connectivity index (χ1) is 7.09. The van der Waals surface area contributed by atoms with Crippen LogP contribution in [0.15, 0.2) is 24.3 Å². The molecule has 0 radical (unpaired) electrons. The second kappa shape index (κ2) is 6.95. The normalized spacial score (nSPS) is 8.47. The van der Waals surface area contributed by atoms with Crippen LogP contribution in [0.2, 0.25) is 0 Å². The van der Waals surface area contributed by atoms with Gasteiger partial charge in [-0.2, -0.15) is 0 Å². The maximum absolute atomic E-state index is 7.44. The Kier molecular flexibility index (Phi) is 6.29. The molecule has 0 bridgehead atoms. The van der Waals surface area contributed by atoms with Crippen molar-refractivity contribution in [3.63, 3.8) is 0 Å². The van der Waals surface area contributed by atoms with Gasteiger partial charge in [-0.15, -0.1) is 0 Å². The van der Waals surface area contributed by atoms with Crippen molar-refractivity contribution >= 4 is 23.3 Å². The van der Waals surface area contributed by atoms with Gasteiger partial charge >= 0.3 is 0 Å². The third-order valence-electron chi connectivity index (χ3n) is 1.52. The molecule has 1 rings (SSSR count). The molecule has 0 atom stereocenters. The highest BCUT2D eigenvalue weighted by Gasteiger charge is 2.02. The summed E-state index contributed by atoms with van der Waals surface area (Å²) >= 11 is 4.51. The highest BCUT2D eigenvalue weighted by atomic mass is 32.1. The number of nitrogens with two attached hydrogens (primary N) is 1. The van der Waals surface area contributed by atoms with Gasteiger partial charge in [0, 0.05) is 5.56 Å². The van der Waals surface area contributed by atoms with Crippen molar-refractivity contribution in [1.29, 1.82) is 5.41 Å². The first-order valence-electron chi connectivity index (χ1n) is 4.72. The summed E-state index contributed by atoms with van der Waals surface area (Å²) in [6, 6.07) is 7.37. The zero-order valence-electron chi connectivity index (χ0n) is 9.20. The van der Waals surface area contributed by atoms with Gasteiger partial charge in [-0.3, -0.25) is 5.41 Å². The molecule has 1 aromatic rings. The Bertz CT molecular complexity index is 333. The first-order valence-corrected chi connectivity index (χ1v) is 5.13. The van der Waals surface area contributed by atoms with Crippen LogP contribution < -0.4 is 5.73 Å². The fourth-order valence-corrected chi connectivity index (χ4v) is 0.948. The van der Waals surface area contributed by atoms with Crippen LogP contribution in [-0.4, -0.2) is 11.1 Å². The molecule has 0 unspecified atom stereocenters. The third kappa shape index (κ3) is 5.12. The Labute approximate surface area is 95.8 Å². The molecule has 0 aliphatic heterocycles. The number of benzene rings is 1. The van der Waals surface area contributed by atoms with E-state index in [2.05, 4.69) is 12.2 Å². The monoisotopic (exact) mass is 224 g/mol. The van der Waals surface area contributed by atoms with Gasteiger partial charge in [0.2, 0.25) is 5.90 Å². The zero-order valence-corrected chi connectivity index (χ0v) is 10.0. The van der Waals surface area contributed by atoms with Gasteiger partial charge in [-0.1, -0.05) is 31.5 Å². The molecule has 82 valence electrons. The van der Waals surface area contributed by atoms with E-state index in [9.17, 15) is 0 Å². The first kappa shape index (κ1) is 13.6. The predicted molar refractivity (Wildman–Crippen MR) is 67.2 cm³/mol. The molecule has 0 fully saturated rings. The number of hydrogen-bond donors (Lipinski definition) is 2. The molecule has 0 aliphatic rings. The fourth-order valence-electron chi connectivity index (χ4n) is 0.864. The fraction of sp³-hybridized carbons (Fsp3) is 0.273. The molecule has 0 aliphatic carbocycles. The standard InChI is InChI=1S/C9H10N2OS.C2H6/c1-6-2-4-7(5-3-6)8(10)12-9(11)13;1-2/h2-5,10H,1H3,(H2,11,13);1-2H3. The number of nitrogens with one attached hydrogen (secondary N) is 1. The van der Waals surface area contributed by atoms with Crippen LogP contribution in [0.1, 0.15) is 25.0 Å². The van der Waals surface area contributed by atoms with E-state index in [-0.39, 0.29) is 11.1 Å². The summed E-state index contributed by atoms with van der Waals surface area (Å²) in [7, 11) is 0.